The first kappa shape index (κ1) is 25.5. The van der Waals surface area contributed by atoms with Crippen molar-refractivity contribution in [2.75, 3.05) is 27.9 Å². The third kappa shape index (κ3) is 4.40. The van der Waals surface area contributed by atoms with E-state index in [-0.39, 0.29) is 45.3 Å². The monoisotopic (exact) mass is 506 g/mol. The van der Waals surface area contributed by atoms with E-state index in [0.717, 1.165) is 0 Å². The van der Waals surface area contributed by atoms with E-state index in [1.54, 1.807) is 0 Å². The lowest BCUT2D eigenvalue weighted by Gasteiger charge is -2.39. The molecule has 3 aromatic rings. The standard InChI is InChI=1S/C24H26O12/c1-31-11-7-14(32-2)17-15(8-11)34-22(23(33-3)19(17)28)10-4-5-12(26)13(6-10)35-24-21(30)20(29)18(27)16(9-25)36-24/h4-8,16,18,20-21,24-27,29-30H,9H2,1-3H3/t16-,18-,20+,21-,24-/m1/s1. The fraction of sp³-hybridized carbons (Fsp3) is 0.375. The zero-order chi connectivity index (χ0) is 26.1. The summed E-state index contributed by atoms with van der Waals surface area (Å²) in [5.41, 5.74) is -0.112. The summed E-state index contributed by atoms with van der Waals surface area (Å²) in [6, 6.07) is 7.05. The van der Waals surface area contributed by atoms with Crippen molar-refractivity contribution >= 4 is 11.0 Å². The van der Waals surface area contributed by atoms with E-state index in [2.05, 4.69) is 0 Å². The van der Waals surface area contributed by atoms with E-state index < -0.39 is 42.7 Å². The molecule has 0 unspecified atom stereocenters. The van der Waals surface area contributed by atoms with Gasteiger partial charge in [-0.1, -0.05) is 0 Å². The van der Waals surface area contributed by atoms with Crippen molar-refractivity contribution < 1.29 is 53.6 Å². The summed E-state index contributed by atoms with van der Waals surface area (Å²) >= 11 is 0. The van der Waals surface area contributed by atoms with Gasteiger partial charge in [0.2, 0.25) is 17.5 Å². The Morgan fingerprint density at radius 1 is 0.917 bits per heavy atom. The number of phenolic OH excluding ortho intramolecular Hbond substituents is 1. The number of fused-ring (bicyclic) bond motifs is 1. The smallest absolute Gasteiger partial charge is 0.239 e. The molecule has 194 valence electrons. The molecule has 2 aromatic carbocycles. The van der Waals surface area contributed by atoms with Gasteiger partial charge in [-0.15, -0.1) is 0 Å². The molecule has 5 atom stereocenters. The van der Waals surface area contributed by atoms with Crippen LogP contribution in [0.1, 0.15) is 0 Å². The highest BCUT2D eigenvalue weighted by molar-refractivity contribution is 5.88. The lowest BCUT2D eigenvalue weighted by atomic mass is 9.99. The minimum absolute atomic E-state index is 0.00367. The Kier molecular flexibility index (Phi) is 7.24. The molecular weight excluding hydrogens is 480 g/mol. The topological polar surface area (TPSA) is 178 Å². The van der Waals surface area contributed by atoms with Crippen LogP contribution >= 0.6 is 0 Å². The highest BCUT2D eigenvalue weighted by Gasteiger charge is 2.45. The van der Waals surface area contributed by atoms with Crippen molar-refractivity contribution in [3.63, 3.8) is 0 Å². The molecule has 36 heavy (non-hydrogen) atoms. The van der Waals surface area contributed by atoms with Crippen LogP contribution in [-0.4, -0.2) is 84.2 Å². The maximum absolute atomic E-state index is 13.3. The molecule has 12 nitrogen and oxygen atoms in total. The summed E-state index contributed by atoms with van der Waals surface area (Å²) in [7, 11) is 4.14. The van der Waals surface area contributed by atoms with Crippen molar-refractivity contribution in [2.24, 2.45) is 0 Å². The molecule has 1 fully saturated rings. The van der Waals surface area contributed by atoms with Gasteiger partial charge in [0.25, 0.3) is 0 Å². The van der Waals surface area contributed by atoms with Crippen molar-refractivity contribution in [3.05, 3.63) is 40.6 Å². The number of rotatable bonds is 7. The van der Waals surface area contributed by atoms with E-state index in [9.17, 15) is 30.3 Å². The van der Waals surface area contributed by atoms with Crippen molar-refractivity contribution in [1.82, 2.24) is 0 Å². The summed E-state index contributed by atoms with van der Waals surface area (Å²) in [5, 5.41) is 50.1. The Morgan fingerprint density at radius 2 is 1.67 bits per heavy atom. The number of phenols is 1. The van der Waals surface area contributed by atoms with Crippen molar-refractivity contribution in [3.8, 4) is 40.1 Å². The van der Waals surface area contributed by atoms with E-state index in [0.29, 0.717) is 5.75 Å². The van der Waals surface area contributed by atoms with E-state index in [4.69, 9.17) is 28.1 Å². The predicted molar refractivity (Wildman–Crippen MR) is 124 cm³/mol. The number of hydrogen-bond acceptors (Lipinski definition) is 12. The maximum Gasteiger partial charge on any atom is 0.239 e. The number of aromatic hydroxyl groups is 1. The number of hydrogen-bond donors (Lipinski definition) is 5. The summed E-state index contributed by atoms with van der Waals surface area (Å²) in [4.78, 5) is 13.3. The van der Waals surface area contributed by atoms with Crippen LogP contribution < -0.4 is 24.4 Å². The van der Waals surface area contributed by atoms with Gasteiger partial charge in [0.1, 0.15) is 46.9 Å². The predicted octanol–water partition coefficient (Wildman–Crippen LogP) is 0.370. The highest BCUT2D eigenvalue weighted by atomic mass is 16.7. The van der Waals surface area contributed by atoms with Gasteiger partial charge in [-0.25, -0.2) is 0 Å². The van der Waals surface area contributed by atoms with E-state index in [1.165, 1.54) is 51.7 Å². The summed E-state index contributed by atoms with van der Waals surface area (Å²) in [6.45, 7) is -0.650. The minimum atomic E-state index is -1.70. The first-order valence-electron chi connectivity index (χ1n) is 10.8. The fourth-order valence-corrected chi connectivity index (χ4v) is 3.94. The molecule has 0 spiro atoms. The lowest BCUT2D eigenvalue weighted by Crippen LogP contribution is -2.60. The highest BCUT2D eigenvalue weighted by Crippen LogP contribution is 2.39. The summed E-state index contributed by atoms with van der Waals surface area (Å²) in [5.74, 6) is -0.0957. The first-order chi connectivity index (χ1) is 17.2. The summed E-state index contributed by atoms with van der Waals surface area (Å²) in [6.07, 6.45) is -7.69. The Hall–Kier alpha value is -3.55. The van der Waals surface area contributed by atoms with Crippen LogP contribution in [0.3, 0.4) is 0 Å². The third-order valence-electron chi connectivity index (χ3n) is 5.86. The Bertz CT molecular complexity index is 1300. The SMILES string of the molecule is COc1cc(OC)c2c(=O)c(OC)c(-c3ccc(O)c(O[C@@H]4O[C@H](CO)[C@@H](O)[C@H](O)[C@H]4O)c3)oc2c1. The Balaban J connectivity index is 1.79. The molecule has 0 aliphatic carbocycles. The average molecular weight is 506 g/mol. The largest absolute Gasteiger partial charge is 0.504 e. The molecule has 1 aromatic heterocycles. The fourth-order valence-electron chi connectivity index (χ4n) is 3.94. The molecule has 1 aliphatic rings. The van der Waals surface area contributed by atoms with Crippen LogP contribution in [0, 0.1) is 0 Å². The first-order valence-corrected chi connectivity index (χ1v) is 10.8. The number of benzene rings is 2. The number of aliphatic hydroxyl groups excluding tert-OH is 4. The molecule has 0 bridgehead atoms. The zero-order valence-corrected chi connectivity index (χ0v) is 19.6. The van der Waals surface area contributed by atoms with Gasteiger partial charge in [0, 0.05) is 17.7 Å². The average Bonchev–Trinajstić information content (AvgIpc) is 2.89. The second-order valence-corrected chi connectivity index (χ2v) is 7.99. The van der Waals surface area contributed by atoms with Crippen LogP contribution in [0.5, 0.6) is 28.7 Å². The van der Waals surface area contributed by atoms with Gasteiger partial charge < -0.3 is 53.6 Å². The van der Waals surface area contributed by atoms with Crippen LogP contribution in [0.4, 0.5) is 0 Å². The van der Waals surface area contributed by atoms with Gasteiger partial charge in [-0.05, 0) is 18.2 Å². The number of aliphatic hydroxyl groups is 4. The van der Waals surface area contributed by atoms with Crippen LogP contribution in [0.25, 0.3) is 22.3 Å². The van der Waals surface area contributed by atoms with Crippen molar-refractivity contribution in [1.29, 1.82) is 0 Å². The quantitative estimate of drug-likeness (QED) is 0.298. The van der Waals surface area contributed by atoms with Crippen molar-refractivity contribution in [2.45, 2.75) is 30.7 Å². The molecule has 12 heteroatoms. The minimum Gasteiger partial charge on any atom is -0.504 e. The second kappa shape index (κ2) is 10.2. The van der Waals surface area contributed by atoms with Gasteiger partial charge in [0.15, 0.2) is 17.3 Å². The van der Waals surface area contributed by atoms with E-state index in [1.807, 2.05) is 0 Å². The Morgan fingerprint density at radius 3 is 2.31 bits per heavy atom. The molecule has 2 heterocycles. The molecule has 0 saturated carbocycles. The molecule has 5 N–H and O–H groups in total. The van der Waals surface area contributed by atoms with E-state index >= 15 is 0 Å². The van der Waals surface area contributed by atoms with Crippen LogP contribution in [0.15, 0.2) is 39.5 Å². The molecule has 0 radical (unpaired) electrons. The molecule has 4 rings (SSSR count). The van der Waals surface area contributed by atoms with Crippen LogP contribution in [0.2, 0.25) is 0 Å². The molecular formula is C24H26O12. The zero-order valence-electron chi connectivity index (χ0n) is 19.6. The van der Waals surface area contributed by atoms with Gasteiger partial charge in [-0.2, -0.15) is 0 Å². The third-order valence-corrected chi connectivity index (χ3v) is 5.86. The number of methoxy groups -OCH3 is 3. The summed E-state index contributed by atoms with van der Waals surface area (Å²) < 4.78 is 32.8. The second-order valence-electron chi connectivity index (χ2n) is 7.99. The number of ether oxygens (including phenoxy) is 5. The Labute approximate surface area is 204 Å². The normalized spacial score (nSPS) is 23.9. The molecule has 1 saturated heterocycles. The van der Waals surface area contributed by atoms with Gasteiger partial charge in [-0.3, -0.25) is 4.79 Å². The lowest BCUT2D eigenvalue weighted by molar-refractivity contribution is -0.277. The van der Waals surface area contributed by atoms with Crippen LogP contribution in [-0.2, 0) is 4.74 Å². The molecule has 0 amide bonds. The molecule has 1 aliphatic heterocycles. The van der Waals surface area contributed by atoms with Gasteiger partial charge >= 0.3 is 0 Å². The maximum atomic E-state index is 13.3. The van der Waals surface area contributed by atoms with Gasteiger partial charge in [0.05, 0.1) is 27.9 Å².